The van der Waals surface area contributed by atoms with Gasteiger partial charge in [0.05, 0.1) is 39.1 Å². The molecule has 164 valence electrons. The number of para-hydroxylation sites is 1. The predicted octanol–water partition coefficient (Wildman–Crippen LogP) is 3.93. The first-order valence-corrected chi connectivity index (χ1v) is 11.1. The number of fused-ring (bicyclic) bond motifs is 3. The highest BCUT2D eigenvalue weighted by Gasteiger charge is 2.49. The molecule has 0 bridgehead atoms. The van der Waals surface area contributed by atoms with Gasteiger partial charge in [-0.05, 0) is 29.8 Å². The zero-order valence-electron chi connectivity index (χ0n) is 17.8. The summed E-state index contributed by atoms with van der Waals surface area (Å²) in [5.74, 6) is -0.286. The number of benzene rings is 2. The minimum atomic E-state index is -0.363. The molecule has 0 saturated carbocycles. The number of anilines is 1. The van der Waals surface area contributed by atoms with Crippen molar-refractivity contribution in [3.8, 4) is 0 Å². The van der Waals surface area contributed by atoms with Crippen molar-refractivity contribution in [3.63, 3.8) is 0 Å². The minimum Gasteiger partial charge on any atom is -0.633 e. The zero-order chi connectivity index (χ0) is 21.8. The molecule has 1 saturated heterocycles. The lowest BCUT2D eigenvalue weighted by Gasteiger charge is -2.51. The highest BCUT2D eigenvalue weighted by atomic mass is 19.1. The molecule has 0 aromatic heterocycles. The number of hydrogen-bond donors (Lipinski definition) is 0. The summed E-state index contributed by atoms with van der Waals surface area (Å²) in [5.41, 5.74) is 3.50. The van der Waals surface area contributed by atoms with Gasteiger partial charge < -0.3 is 24.6 Å². The molecule has 0 radical (unpaired) electrons. The molecule has 2 aromatic carbocycles. The molecule has 6 nitrogen and oxygen atoms in total. The second-order valence-corrected chi connectivity index (χ2v) is 9.42. The maximum atomic E-state index is 13.6. The summed E-state index contributed by atoms with van der Waals surface area (Å²) in [7, 11) is 1.71. The largest absolute Gasteiger partial charge is 0.633 e. The number of piperidine rings is 1. The Morgan fingerprint density at radius 3 is 2.71 bits per heavy atom. The van der Waals surface area contributed by atoms with Gasteiger partial charge in [0.15, 0.2) is 11.5 Å². The third kappa shape index (κ3) is 3.55. The maximum absolute atomic E-state index is 13.6. The van der Waals surface area contributed by atoms with Crippen LogP contribution in [0.3, 0.4) is 0 Å². The van der Waals surface area contributed by atoms with Gasteiger partial charge in [0.2, 0.25) is 0 Å². The van der Waals surface area contributed by atoms with Crippen LogP contribution in [0.2, 0.25) is 0 Å². The van der Waals surface area contributed by atoms with Gasteiger partial charge in [0.1, 0.15) is 18.0 Å². The van der Waals surface area contributed by atoms with E-state index in [1.165, 1.54) is 24.3 Å². The molecule has 3 aliphatic heterocycles. The average molecular weight is 426 g/mol. The Labute approximate surface area is 181 Å². The van der Waals surface area contributed by atoms with Crippen molar-refractivity contribution in [1.82, 2.24) is 4.65 Å². The Bertz CT molecular complexity index is 1010. The summed E-state index contributed by atoms with van der Waals surface area (Å²) >= 11 is 0. The van der Waals surface area contributed by atoms with E-state index in [0.29, 0.717) is 44.6 Å². The number of rotatable bonds is 5. The lowest BCUT2D eigenvalue weighted by atomic mass is 9.88. The molecule has 31 heavy (non-hydrogen) atoms. The van der Waals surface area contributed by atoms with Gasteiger partial charge in [-0.2, -0.15) is 0 Å². The number of hydrogen-bond acceptors (Lipinski definition) is 4. The van der Waals surface area contributed by atoms with Crippen LogP contribution in [0.4, 0.5) is 15.8 Å². The molecule has 0 aliphatic carbocycles. The monoisotopic (exact) mass is 425 g/mol. The molecule has 0 spiro atoms. The Balaban J connectivity index is 1.28. The Hall–Kier alpha value is -2.32. The van der Waals surface area contributed by atoms with Crippen molar-refractivity contribution >= 4 is 17.2 Å². The molecule has 3 aliphatic rings. The molecule has 1 fully saturated rings. The van der Waals surface area contributed by atoms with E-state index in [0.717, 1.165) is 29.9 Å². The zero-order valence-corrected chi connectivity index (χ0v) is 17.8. The van der Waals surface area contributed by atoms with Crippen LogP contribution in [0, 0.1) is 16.2 Å². The van der Waals surface area contributed by atoms with Crippen LogP contribution < -0.4 is 9.55 Å². The lowest BCUT2D eigenvalue weighted by molar-refractivity contribution is -0.887. The lowest BCUT2D eigenvalue weighted by Crippen LogP contribution is -2.57. The number of nitrogens with zero attached hydrogens (tertiary/aromatic N) is 3. The molecule has 3 heterocycles. The van der Waals surface area contributed by atoms with Crippen molar-refractivity contribution in [2.75, 3.05) is 44.7 Å². The van der Waals surface area contributed by atoms with Crippen LogP contribution in [-0.4, -0.2) is 56.2 Å². The number of halogens is 1. The van der Waals surface area contributed by atoms with Crippen LogP contribution in [0.1, 0.15) is 41.1 Å². The first kappa shape index (κ1) is 20.6. The topological polar surface area (TPSA) is 66.4 Å². The van der Waals surface area contributed by atoms with E-state index in [4.69, 9.17) is 0 Å². The van der Waals surface area contributed by atoms with Crippen molar-refractivity contribution in [3.05, 3.63) is 69.8 Å². The number of likely N-dealkylation sites (tertiary alicyclic amines) is 1. The number of ketones is 1. The first-order valence-electron chi connectivity index (χ1n) is 11.1. The Morgan fingerprint density at radius 1 is 1.16 bits per heavy atom. The fourth-order valence-electron chi connectivity index (χ4n) is 5.73. The summed E-state index contributed by atoms with van der Waals surface area (Å²) in [4.78, 5) is 14.7. The molecule has 7 heteroatoms. The number of quaternary nitrogens is 2. The van der Waals surface area contributed by atoms with E-state index in [-0.39, 0.29) is 32.9 Å². The Morgan fingerprint density at radius 2 is 1.94 bits per heavy atom. The standard InChI is InChI=1S/C24H28FN3O3/c1-27(30)15-12-26-21-11-14-28(31,16-20(21)19-4-2-5-22(27)24(19)26)13-3-6-23(29)17-7-9-18(25)10-8-17/h2,4-5,7-10,20-21H,3,6,11-16H2,1H3/t20-,21-,27?,28?/m0/s1. The van der Waals surface area contributed by atoms with Crippen molar-refractivity contribution < 1.29 is 13.8 Å². The van der Waals surface area contributed by atoms with Crippen LogP contribution in [0.15, 0.2) is 42.5 Å². The second kappa shape index (κ2) is 7.38. The van der Waals surface area contributed by atoms with Gasteiger partial charge in [-0.25, -0.2) is 4.39 Å². The summed E-state index contributed by atoms with van der Waals surface area (Å²) in [6.45, 7) is 2.69. The minimum absolute atomic E-state index is 0.0538. The Kier molecular flexibility index (Phi) is 4.90. The number of hydroxylamine groups is 5. The van der Waals surface area contributed by atoms with Crippen molar-refractivity contribution in [1.29, 1.82) is 0 Å². The van der Waals surface area contributed by atoms with Crippen LogP contribution in [0.5, 0.6) is 0 Å². The van der Waals surface area contributed by atoms with Gasteiger partial charge in [0.25, 0.3) is 0 Å². The van der Waals surface area contributed by atoms with E-state index >= 15 is 0 Å². The SMILES string of the molecule is C[N+]1([O-])CCN2c3c(cccc31)[C@@H]1C[N+]([O-])(CCCC(=O)c3ccc(F)cc3)CC[C@@H]12. The van der Waals surface area contributed by atoms with Crippen LogP contribution in [-0.2, 0) is 0 Å². The number of carbonyl (C=O) groups excluding carboxylic acids is 1. The van der Waals surface area contributed by atoms with E-state index in [1.54, 1.807) is 7.05 Å². The molecule has 4 atom stereocenters. The quantitative estimate of drug-likeness (QED) is 0.414. The summed E-state index contributed by atoms with van der Waals surface area (Å²) in [5, 5.41) is 26.5. The molecule has 2 unspecified atom stereocenters. The van der Waals surface area contributed by atoms with Crippen molar-refractivity contribution in [2.24, 2.45) is 0 Å². The van der Waals surface area contributed by atoms with Crippen LogP contribution >= 0.6 is 0 Å². The van der Waals surface area contributed by atoms with Gasteiger partial charge in [-0.1, -0.05) is 12.1 Å². The summed E-state index contributed by atoms with van der Waals surface area (Å²) in [6, 6.07) is 11.8. The fraction of sp³-hybridized carbons (Fsp3) is 0.458. The van der Waals surface area contributed by atoms with Crippen LogP contribution in [0.25, 0.3) is 0 Å². The third-order valence-electron chi connectivity index (χ3n) is 7.37. The smallest absolute Gasteiger partial charge is 0.163 e. The van der Waals surface area contributed by atoms with Gasteiger partial charge in [-0.15, -0.1) is 0 Å². The molecule has 0 amide bonds. The molecule has 5 rings (SSSR count). The number of carbonyl (C=O) groups is 1. The molecule has 0 N–H and O–H groups in total. The summed E-state index contributed by atoms with van der Waals surface area (Å²) < 4.78 is 12.4. The normalized spacial score (nSPS) is 31.3. The van der Waals surface area contributed by atoms with Crippen molar-refractivity contribution in [2.45, 2.75) is 31.2 Å². The van der Waals surface area contributed by atoms with E-state index in [9.17, 15) is 19.6 Å². The highest BCUT2D eigenvalue weighted by molar-refractivity contribution is 5.95. The second-order valence-electron chi connectivity index (χ2n) is 9.42. The predicted molar refractivity (Wildman–Crippen MR) is 119 cm³/mol. The van der Waals surface area contributed by atoms with Gasteiger partial charge >= 0.3 is 0 Å². The van der Waals surface area contributed by atoms with E-state index in [2.05, 4.69) is 11.0 Å². The number of Topliss-reactive ketones (excluding diaryl/α,β-unsaturated/α-hetero) is 1. The number of likely N-dealkylation sites (N-methyl/N-ethyl adjacent to an activating group) is 1. The van der Waals surface area contributed by atoms with E-state index in [1.807, 2.05) is 12.1 Å². The maximum Gasteiger partial charge on any atom is 0.163 e. The molecular weight excluding hydrogens is 397 g/mol. The molecule has 2 aromatic rings. The highest BCUT2D eigenvalue weighted by Crippen LogP contribution is 2.52. The van der Waals surface area contributed by atoms with Gasteiger partial charge in [0, 0.05) is 36.9 Å². The molecular formula is C24H28FN3O3. The third-order valence-corrected chi connectivity index (χ3v) is 7.37. The summed E-state index contributed by atoms with van der Waals surface area (Å²) in [6.07, 6.45) is 1.61. The van der Waals surface area contributed by atoms with E-state index < -0.39 is 0 Å². The van der Waals surface area contributed by atoms with Gasteiger partial charge in [-0.3, -0.25) is 4.79 Å². The fourth-order valence-corrected chi connectivity index (χ4v) is 5.73. The average Bonchev–Trinajstić information content (AvgIpc) is 3.05. The first-order chi connectivity index (χ1) is 14.8.